The summed E-state index contributed by atoms with van der Waals surface area (Å²) in [5, 5.41) is 2.43. The molecule has 3 nitrogen and oxygen atoms in total. The molecule has 1 heterocycles. The lowest BCUT2D eigenvalue weighted by atomic mass is 10.1. The Morgan fingerprint density at radius 3 is 2.45 bits per heavy atom. The largest absolute Gasteiger partial charge is 0.368 e. The number of benzene rings is 1. The Balaban J connectivity index is 2.52. The van der Waals surface area contributed by atoms with Crippen molar-refractivity contribution in [2.75, 3.05) is 24.5 Å². The summed E-state index contributed by atoms with van der Waals surface area (Å²) in [4.78, 5) is 13.5. The van der Waals surface area contributed by atoms with Crippen LogP contribution in [0.25, 0.3) is 0 Å². The summed E-state index contributed by atoms with van der Waals surface area (Å²) < 4.78 is 41.4. The van der Waals surface area contributed by atoms with Gasteiger partial charge in [0.25, 0.3) is 5.91 Å². The second-order valence-corrected chi connectivity index (χ2v) is 4.78. The van der Waals surface area contributed by atoms with Gasteiger partial charge in [0.05, 0.1) is 5.69 Å². The smallest absolute Gasteiger partial charge is 0.256 e. The fourth-order valence-electron chi connectivity index (χ4n) is 2.46. The summed E-state index contributed by atoms with van der Waals surface area (Å²) in [5.41, 5.74) is -0.666. The van der Waals surface area contributed by atoms with Crippen molar-refractivity contribution in [1.29, 1.82) is 0 Å². The normalized spacial score (nSPS) is 15.3. The molecule has 1 aliphatic heterocycles. The number of nitrogens with one attached hydrogen (secondary N) is 1. The summed E-state index contributed by atoms with van der Waals surface area (Å²) in [6, 6.07) is 0.424. The third kappa shape index (κ3) is 2.73. The SMILES string of the molecule is CCNC(=O)c1c(F)cc(F)c(F)c1N1CCCCC1. The number of halogens is 3. The van der Waals surface area contributed by atoms with Gasteiger partial charge < -0.3 is 10.2 Å². The highest BCUT2D eigenvalue weighted by Crippen LogP contribution is 2.31. The first-order valence-electron chi connectivity index (χ1n) is 6.77. The fourth-order valence-corrected chi connectivity index (χ4v) is 2.46. The molecular formula is C14H17F3N2O. The Labute approximate surface area is 115 Å². The number of nitrogens with zero attached hydrogens (tertiary/aromatic N) is 1. The van der Waals surface area contributed by atoms with Gasteiger partial charge in [0.2, 0.25) is 0 Å². The molecule has 0 atom stereocenters. The quantitative estimate of drug-likeness (QED) is 0.867. The third-order valence-corrected chi connectivity index (χ3v) is 3.38. The second kappa shape index (κ2) is 6.15. The van der Waals surface area contributed by atoms with Gasteiger partial charge in [0.15, 0.2) is 11.6 Å². The number of amides is 1. The third-order valence-electron chi connectivity index (χ3n) is 3.38. The number of hydrogen-bond donors (Lipinski definition) is 1. The number of carbonyl (C=O) groups is 1. The van der Waals surface area contributed by atoms with Gasteiger partial charge in [-0.3, -0.25) is 4.79 Å². The predicted molar refractivity (Wildman–Crippen MR) is 70.4 cm³/mol. The molecule has 1 aromatic carbocycles. The molecular weight excluding hydrogens is 269 g/mol. The van der Waals surface area contributed by atoms with Crippen LogP contribution < -0.4 is 10.2 Å². The maximum atomic E-state index is 14.1. The zero-order valence-corrected chi connectivity index (χ0v) is 11.3. The van der Waals surface area contributed by atoms with E-state index < -0.39 is 28.9 Å². The number of hydrogen-bond acceptors (Lipinski definition) is 2. The monoisotopic (exact) mass is 286 g/mol. The summed E-state index contributed by atoms with van der Waals surface area (Å²) in [6.45, 7) is 2.95. The summed E-state index contributed by atoms with van der Waals surface area (Å²) in [6.07, 6.45) is 2.62. The molecule has 6 heteroatoms. The van der Waals surface area contributed by atoms with E-state index in [0.29, 0.717) is 19.2 Å². The lowest BCUT2D eigenvalue weighted by Crippen LogP contribution is -2.34. The van der Waals surface area contributed by atoms with Crippen LogP contribution in [0.3, 0.4) is 0 Å². The lowest BCUT2D eigenvalue weighted by molar-refractivity contribution is 0.0951. The molecule has 2 rings (SSSR count). The molecule has 0 bridgehead atoms. The van der Waals surface area contributed by atoms with Crippen LogP contribution in [0.5, 0.6) is 0 Å². The molecule has 1 fully saturated rings. The molecule has 110 valence electrons. The molecule has 1 aromatic rings. The molecule has 0 aliphatic carbocycles. The van der Waals surface area contributed by atoms with Crippen LogP contribution in [0.4, 0.5) is 18.9 Å². The van der Waals surface area contributed by atoms with E-state index in [9.17, 15) is 18.0 Å². The van der Waals surface area contributed by atoms with Gasteiger partial charge in [0, 0.05) is 25.7 Å². The van der Waals surface area contributed by atoms with Crippen molar-refractivity contribution >= 4 is 11.6 Å². The van der Waals surface area contributed by atoms with E-state index in [1.807, 2.05) is 0 Å². The Morgan fingerprint density at radius 2 is 1.85 bits per heavy atom. The average molecular weight is 286 g/mol. The summed E-state index contributed by atoms with van der Waals surface area (Å²) in [7, 11) is 0. The van der Waals surface area contributed by atoms with Gasteiger partial charge in [-0.15, -0.1) is 0 Å². The Hall–Kier alpha value is -1.72. The topological polar surface area (TPSA) is 32.3 Å². The van der Waals surface area contributed by atoms with E-state index in [4.69, 9.17) is 0 Å². The van der Waals surface area contributed by atoms with Gasteiger partial charge in [-0.1, -0.05) is 0 Å². The summed E-state index contributed by atoms with van der Waals surface area (Å²) in [5.74, 6) is -4.18. The Kier molecular flexibility index (Phi) is 4.52. The van der Waals surface area contributed by atoms with Gasteiger partial charge in [-0.05, 0) is 26.2 Å². The van der Waals surface area contributed by atoms with E-state index in [1.165, 1.54) is 0 Å². The van der Waals surface area contributed by atoms with E-state index in [-0.39, 0.29) is 12.2 Å². The van der Waals surface area contributed by atoms with Crippen molar-refractivity contribution in [3.63, 3.8) is 0 Å². The predicted octanol–water partition coefficient (Wildman–Crippen LogP) is 2.84. The molecule has 1 N–H and O–H groups in total. The van der Waals surface area contributed by atoms with E-state index in [0.717, 1.165) is 19.3 Å². The van der Waals surface area contributed by atoms with Crippen molar-refractivity contribution in [1.82, 2.24) is 5.32 Å². The number of piperidine rings is 1. The van der Waals surface area contributed by atoms with Crippen molar-refractivity contribution in [2.24, 2.45) is 0 Å². The van der Waals surface area contributed by atoms with Gasteiger partial charge in [-0.25, -0.2) is 13.2 Å². The van der Waals surface area contributed by atoms with Gasteiger partial charge in [-0.2, -0.15) is 0 Å². The van der Waals surface area contributed by atoms with Crippen LogP contribution >= 0.6 is 0 Å². The molecule has 0 spiro atoms. The Bertz CT molecular complexity index is 514. The molecule has 1 aliphatic rings. The maximum Gasteiger partial charge on any atom is 0.256 e. The van der Waals surface area contributed by atoms with Crippen LogP contribution in [0.1, 0.15) is 36.5 Å². The minimum atomic E-state index is -1.27. The van der Waals surface area contributed by atoms with E-state index >= 15 is 0 Å². The fraction of sp³-hybridized carbons (Fsp3) is 0.500. The van der Waals surface area contributed by atoms with Crippen molar-refractivity contribution < 1.29 is 18.0 Å². The van der Waals surface area contributed by atoms with Crippen LogP contribution in [0.2, 0.25) is 0 Å². The standard InChI is InChI=1S/C14H17F3N2O/c1-2-18-14(20)11-9(15)8-10(16)12(17)13(11)19-6-4-3-5-7-19/h8H,2-7H2,1H3,(H,18,20). The molecule has 0 saturated carbocycles. The van der Waals surface area contributed by atoms with Crippen molar-refractivity contribution in [3.05, 3.63) is 29.1 Å². The van der Waals surface area contributed by atoms with E-state index in [1.54, 1.807) is 11.8 Å². The maximum absolute atomic E-state index is 14.1. The highest BCUT2D eigenvalue weighted by molar-refractivity contribution is 6.00. The zero-order valence-electron chi connectivity index (χ0n) is 11.3. The lowest BCUT2D eigenvalue weighted by Gasteiger charge is -2.30. The number of carbonyl (C=O) groups excluding carboxylic acids is 1. The molecule has 0 unspecified atom stereocenters. The molecule has 0 aromatic heterocycles. The molecule has 1 amide bonds. The molecule has 0 radical (unpaired) electrons. The zero-order chi connectivity index (χ0) is 14.7. The number of rotatable bonds is 3. The van der Waals surface area contributed by atoms with E-state index in [2.05, 4.69) is 5.32 Å². The molecule has 20 heavy (non-hydrogen) atoms. The van der Waals surface area contributed by atoms with Crippen LogP contribution in [0, 0.1) is 17.5 Å². The second-order valence-electron chi connectivity index (χ2n) is 4.78. The minimum absolute atomic E-state index is 0.256. The first-order chi connectivity index (χ1) is 9.56. The van der Waals surface area contributed by atoms with Crippen molar-refractivity contribution in [2.45, 2.75) is 26.2 Å². The van der Waals surface area contributed by atoms with Gasteiger partial charge in [0.1, 0.15) is 11.4 Å². The minimum Gasteiger partial charge on any atom is -0.368 e. The van der Waals surface area contributed by atoms with Crippen LogP contribution in [-0.4, -0.2) is 25.5 Å². The van der Waals surface area contributed by atoms with Crippen molar-refractivity contribution in [3.8, 4) is 0 Å². The average Bonchev–Trinajstić information content (AvgIpc) is 2.43. The highest BCUT2D eigenvalue weighted by Gasteiger charge is 2.28. The van der Waals surface area contributed by atoms with Gasteiger partial charge >= 0.3 is 0 Å². The Morgan fingerprint density at radius 1 is 1.20 bits per heavy atom. The number of anilines is 1. The van der Waals surface area contributed by atoms with Crippen LogP contribution in [0.15, 0.2) is 6.07 Å². The first kappa shape index (κ1) is 14.7. The molecule has 1 saturated heterocycles. The summed E-state index contributed by atoms with van der Waals surface area (Å²) >= 11 is 0. The first-order valence-corrected chi connectivity index (χ1v) is 6.77. The van der Waals surface area contributed by atoms with Crippen LogP contribution in [-0.2, 0) is 0 Å². The highest BCUT2D eigenvalue weighted by atomic mass is 19.2.